The lowest BCUT2D eigenvalue weighted by Gasteiger charge is -2.18. The minimum absolute atomic E-state index is 0.658. The highest BCUT2D eigenvalue weighted by molar-refractivity contribution is 6.53. The van der Waals surface area contributed by atoms with E-state index in [-0.39, 0.29) is 0 Å². The number of fused-ring (bicyclic) bond motifs is 2. The molecule has 24 heavy (non-hydrogen) atoms. The lowest BCUT2D eigenvalue weighted by Crippen LogP contribution is -1.90. The van der Waals surface area contributed by atoms with Gasteiger partial charge in [-0.1, -0.05) is 70.7 Å². The number of hydrogen-bond acceptors (Lipinski definition) is 0. The molecule has 0 atom stereocenters. The molecule has 0 saturated carbocycles. The molecule has 0 nitrogen and oxygen atoms in total. The molecule has 0 fully saturated rings. The molecule has 0 N–H and O–H groups in total. The third-order valence-corrected chi connectivity index (χ3v) is 5.93. The van der Waals surface area contributed by atoms with Gasteiger partial charge in [0.2, 0.25) is 0 Å². The van der Waals surface area contributed by atoms with Crippen LogP contribution in [0.15, 0.2) is 48.5 Å². The van der Waals surface area contributed by atoms with Gasteiger partial charge in [-0.05, 0) is 35.0 Å². The Morgan fingerprint density at radius 1 is 0.333 bits per heavy atom. The summed E-state index contributed by atoms with van der Waals surface area (Å²) in [7, 11) is 0. The highest BCUT2D eigenvalue weighted by Gasteiger charge is 2.20. The number of hydrogen-bond donors (Lipinski definition) is 0. The summed E-state index contributed by atoms with van der Waals surface area (Å²) in [6, 6.07) is 15.6. The van der Waals surface area contributed by atoms with Gasteiger partial charge in [-0.25, -0.2) is 0 Å². The SMILES string of the molecule is Clc1ccc2ccc(Cl)c3c4c(Cl)ccc5ccc(Cl)c(c1c23)c54. The van der Waals surface area contributed by atoms with E-state index in [4.69, 9.17) is 46.4 Å². The standard InChI is InChI=1S/C20H8Cl4/c21-11-5-1-9-2-6-12(22)18-15(9)17(11)19-13(23)7-3-10-4-8-14(24)20(18)16(10)19/h1-8H. The van der Waals surface area contributed by atoms with Crippen LogP contribution in [-0.2, 0) is 0 Å². The zero-order valence-electron chi connectivity index (χ0n) is 12.1. The lowest BCUT2D eigenvalue weighted by atomic mass is 9.89. The normalized spacial score (nSPS) is 12.2. The van der Waals surface area contributed by atoms with Gasteiger partial charge in [0.25, 0.3) is 0 Å². The zero-order chi connectivity index (χ0) is 16.6. The smallest absolute Gasteiger partial charge is 0.0491 e. The van der Waals surface area contributed by atoms with Gasteiger partial charge in [-0.3, -0.25) is 0 Å². The number of rotatable bonds is 0. The van der Waals surface area contributed by atoms with E-state index in [0.29, 0.717) is 20.1 Å². The monoisotopic (exact) mass is 388 g/mol. The van der Waals surface area contributed by atoms with Gasteiger partial charge >= 0.3 is 0 Å². The molecule has 0 bridgehead atoms. The van der Waals surface area contributed by atoms with Crippen LogP contribution in [0.5, 0.6) is 0 Å². The molecule has 0 saturated heterocycles. The van der Waals surface area contributed by atoms with E-state index in [1.807, 2.05) is 48.5 Å². The topological polar surface area (TPSA) is 0 Å². The Kier molecular flexibility index (Phi) is 3.12. The van der Waals surface area contributed by atoms with Gasteiger partial charge < -0.3 is 0 Å². The Labute approximate surface area is 157 Å². The maximum absolute atomic E-state index is 6.59. The Balaban J connectivity index is 2.36. The van der Waals surface area contributed by atoms with E-state index >= 15 is 0 Å². The summed E-state index contributed by atoms with van der Waals surface area (Å²) in [5, 5.41) is 10.5. The Bertz CT molecular complexity index is 1090. The fourth-order valence-corrected chi connectivity index (χ4v) is 4.72. The molecule has 0 amide bonds. The van der Waals surface area contributed by atoms with Crippen LogP contribution in [0.2, 0.25) is 20.1 Å². The molecule has 0 aliphatic heterocycles. The van der Waals surface area contributed by atoms with Crippen LogP contribution in [-0.4, -0.2) is 0 Å². The molecule has 5 aromatic rings. The molecular formula is C20H8Cl4. The number of benzene rings is 5. The van der Waals surface area contributed by atoms with E-state index in [0.717, 1.165) is 43.1 Å². The predicted molar refractivity (Wildman–Crippen MR) is 108 cm³/mol. The lowest BCUT2D eigenvalue weighted by molar-refractivity contribution is 1.78. The van der Waals surface area contributed by atoms with Gasteiger partial charge in [0, 0.05) is 52.4 Å². The number of halogens is 4. The molecule has 0 heterocycles. The second-order valence-electron chi connectivity index (χ2n) is 5.89. The molecule has 0 aliphatic carbocycles. The van der Waals surface area contributed by atoms with Crippen molar-refractivity contribution in [3.63, 3.8) is 0 Å². The third kappa shape index (κ3) is 1.78. The summed E-state index contributed by atoms with van der Waals surface area (Å²) in [4.78, 5) is 0. The summed E-state index contributed by atoms with van der Waals surface area (Å²) >= 11 is 26.4. The Morgan fingerprint density at radius 3 is 0.833 bits per heavy atom. The van der Waals surface area contributed by atoms with Crippen molar-refractivity contribution in [2.24, 2.45) is 0 Å². The molecule has 0 aromatic heterocycles. The predicted octanol–water partition coefficient (Wildman–Crippen LogP) is 8.35. The van der Waals surface area contributed by atoms with Crippen molar-refractivity contribution in [2.75, 3.05) is 0 Å². The first-order valence-corrected chi connectivity index (χ1v) is 8.91. The average molecular weight is 390 g/mol. The highest BCUT2D eigenvalue weighted by Crippen LogP contribution is 2.48. The largest absolute Gasteiger partial charge is 0.0836 e. The van der Waals surface area contributed by atoms with Gasteiger partial charge in [0.05, 0.1) is 0 Å². The summed E-state index contributed by atoms with van der Waals surface area (Å²) in [5.74, 6) is 0. The summed E-state index contributed by atoms with van der Waals surface area (Å²) < 4.78 is 0. The molecule has 0 unspecified atom stereocenters. The van der Waals surface area contributed by atoms with Crippen molar-refractivity contribution in [2.45, 2.75) is 0 Å². The van der Waals surface area contributed by atoms with Crippen molar-refractivity contribution in [3.05, 3.63) is 68.6 Å². The van der Waals surface area contributed by atoms with E-state index in [2.05, 4.69) is 0 Å². The fourth-order valence-electron chi connectivity index (χ4n) is 3.71. The molecule has 0 aliphatic rings. The molecule has 0 spiro atoms. The summed E-state index contributed by atoms with van der Waals surface area (Å²) in [6.07, 6.45) is 0. The first-order valence-electron chi connectivity index (χ1n) is 7.40. The molecule has 116 valence electrons. The third-order valence-electron chi connectivity index (χ3n) is 4.67. The van der Waals surface area contributed by atoms with Crippen molar-refractivity contribution < 1.29 is 0 Å². The van der Waals surface area contributed by atoms with Gasteiger partial charge in [0.1, 0.15) is 0 Å². The minimum atomic E-state index is 0.658. The van der Waals surface area contributed by atoms with Crippen LogP contribution in [0.4, 0.5) is 0 Å². The van der Waals surface area contributed by atoms with Crippen LogP contribution in [0.1, 0.15) is 0 Å². The van der Waals surface area contributed by atoms with Crippen LogP contribution < -0.4 is 0 Å². The van der Waals surface area contributed by atoms with Gasteiger partial charge in [0.15, 0.2) is 0 Å². The molecule has 5 rings (SSSR count). The molecule has 0 radical (unpaired) electrons. The van der Waals surface area contributed by atoms with Crippen LogP contribution in [0, 0.1) is 0 Å². The fraction of sp³-hybridized carbons (Fsp3) is 0. The van der Waals surface area contributed by atoms with E-state index in [9.17, 15) is 0 Å². The highest BCUT2D eigenvalue weighted by atomic mass is 35.5. The zero-order valence-corrected chi connectivity index (χ0v) is 15.2. The summed E-state index contributed by atoms with van der Waals surface area (Å²) in [6.45, 7) is 0. The first-order chi connectivity index (χ1) is 11.6. The second-order valence-corrected chi connectivity index (χ2v) is 7.51. The van der Waals surface area contributed by atoms with E-state index < -0.39 is 0 Å². The Hall–Kier alpha value is -1.44. The maximum atomic E-state index is 6.59. The molecule has 4 heteroatoms. The van der Waals surface area contributed by atoms with Crippen molar-refractivity contribution in [1.82, 2.24) is 0 Å². The summed E-state index contributed by atoms with van der Waals surface area (Å²) in [5.41, 5.74) is 0. The Morgan fingerprint density at radius 2 is 0.583 bits per heavy atom. The van der Waals surface area contributed by atoms with E-state index in [1.54, 1.807) is 0 Å². The average Bonchev–Trinajstić information content (AvgIpc) is 2.58. The van der Waals surface area contributed by atoms with Gasteiger partial charge in [-0.15, -0.1) is 0 Å². The van der Waals surface area contributed by atoms with Crippen LogP contribution in [0.25, 0.3) is 43.1 Å². The van der Waals surface area contributed by atoms with E-state index in [1.165, 1.54) is 0 Å². The van der Waals surface area contributed by atoms with Gasteiger partial charge in [-0.2, -0.15) is 0 Å². The molecular weight excluding hydrogens is 382 g/mol. The second kappa shape index (κ2) is 5.03. The van der Waals surface area contributed by atoms with Crippen LogP contribution in [0.3, 0.4) is 0 Å². The quantitative estimate of drug-likeness (QED) is 0.184. The molecule has 5 aromatic carbocycles. The van der Waals surface area contributed by atoms with Crippen molar-refractivity contribution in [3.8, 4) is 0 Å². The van der Waals surface area contributed by atoms with Crippen LogP contribution >= 0.6 is 46.4 Å². The minimum Gasteiger partial charge on any atom is -0.0836 e. The van der Waals surface area contributed by atoms with Crippen molar-refractivity contribution in [1.29, 1.82) is 0 Å². The van der Waals surface area contributed by atoms with Crippen molar-refractivity contribution >= 4 is 89.5 Å². The maximum Gasteiger partial charge on any atom is 0.0491 e. The first kappa shape index (κ1) is 14.9.